The number of carbonyl (C=O) groups excluding carboxylic acids is 2. The Hall–Kier alpha value is -1.40. The maximum absolute atomic E-state index is 12.3. The smallest absolute Gasteiger partial charge is 0.227 e. The Morgan fingerprint density at radius 1 is 1.48 bits per heavy atom. The van der Waals surface area contributed by atoms with Crippen molar-refractivity contribution in [2.24, 2.45) is 5.92 Å². The van der Waals surface area contributed by atoms with E-state index in [1.807, 2.05) is 25.1 Å². The summed E-state index contributed by atoms with van der Waals surface area (Å²) in [6, 6.07) is 5.80. The van der Waals surface area contributed by atoms with Crippen LogP contribution in [0.2, 0.25) is 0 Å². The second kappa shape index (κ2) is 7.01. The molecule has 2 heterocycles. The van der Waals surface area contributed by atoms with Crippen LogP contribution in [0.5, 0.6) is 0 Å². The molecule has 0 spiro atoms. The van der Waals surface area contributed by atoms with Crippen LogP contribution in [0.1, 0.15) is 24.8 Å². The van der Waals surface area contributed by atoms with Gasteiger partial charge in [0.2, 0.25) is 11.8 Å². The number of amides is 2. The lowest BCUT2D eigenvalue weighted by Crippen LogP contribution is -2.37. The Bertz CT molecular complexity index is 614. The first kappa shape index (κ1) is 16.5. The standard InChI is InChI=1S/C17H21BrN2O3/c1-11-7-13(4-5-15(11)18)20-10-12(8-16(20)21)17(22)19-9-14-3-2-6-23-14/h4-5,7,12,14H,2-3,6,8-10H2,1H3,(H,19,22). The third-order valence-corrected chi connectivity index (χ3v) is 5.37. The average Bonchev–Trinajstić information content (AvgIpc) is 3.17. The molecule has 6 heteroatoms. The summed E-state index contributed by atoms with van der Waals surface area (Å²) in [7, 11) is 0. The van der Waals surface area contributed by atoms with E-state index in [1.54, 1.807) is 4.90 Å². The summed E-state index contributed by atoms with van der Waals surface area (Å²) >= 11 is 3.46. The van der Waals surface area contributed by atoms with Gasteiger partial charge >= 0.3 is 0 Å². The molecule has 0 aromatic heterocycles. The summed E-state index contributed by atoms with van der Waals surface area (Å²) in [4.78, 5) is 26.3. The molecule has 23 heavy (non-hydrogen) atoms. The van der Waals surface area contributed by atoms with Crippen molar-refractivity contribution < 1.29 is 14.3 Å². The summed E-state index contributed by atoms with van der Waals surface area (Å²) in [5.74, 6) is -0.331. The van der Waals surface area contributed by atoms with Crippen LogP contribution in [-0.2, 0) is 14.3 Å². The lowest BCUT2D eigenvalue weighted by Gasteiger charge is -2.18. The molecule has 2 fully saturated rings. The Labute approximate surface area is 144 Å². The van der Waals surface area contributed by atoms with Gasteiger partial charge in [0.05, 0.1) is 12.0 Å². The number of anilines is 1. The van der Waals surface area contributed by atoms with Crippen LogP contribution in [0.4, 0.5) is 5.69 Å². The van der Waals surface area contributed by atoms with Gasteiger partial charge in [-0.05, 0) is 43.5 Å². The first-order valence-corrected chi connectivity index (χ1v) is 8.79. The van der Waals surface area contributed by atoms with Crippen LogP contribution in [-0.4, -0.2) is 37.6 Å². The van der Waals surface area contributed by atoms with Gasteiger partial charge in [0.25, 0.3) is 0 Å². The van der Waals surface area contributed by atoms with Crippen molar-refractivity contribution in [3.05, 3.63) is 28.2 Å². The Balaban J connectivity index is 1.59. The summed E-state index contributed by atoms with van der Waals surface area (Å²) in [5, 5.41) is 2.93. The molecule has 124 valence electrons. The van der Waals surface area contributed by atoms with Crippen molar-refractivity contribution in [3.8, 4) is 0 Å². The minimum atomic E-state index is -0.284. The zero-order chi connectivity index (χ0) is 16.4. The highest BCUT2D eigenvalue weighted by molar-refractivity contribution is 9.10. The summed E-state index contributed by atoms with van der Waals surface area (Å²) in [6.45, 7) is 3.75. The number of hydrogen-bond acceptors (Lipinski definition) is 3. The van der Waals surface area contributed by atoms with Gasteiger partial charge in [-0.3, -0.25) is 9.59 Å². The molecule has 2 atom stereocenters. The number of benzene rings is 1. The second-order valence-corrected chi connectivity index (χ2v) is 7.07. The molecule has 0 saturated carbocycles. The zero-order valence-corrected chi connectivity index (χ0v) is 14.8. The third kappa shape index (κ3) is 3.75. The predicted molar refractivity (Wildman–Crippen MR) is 91.3 cm³/mol. The van der Waals surface area contributed by atoms with Crippen molar-refractivity contribution in [1.82, 2.24) is 5.32 Å². The molecule has 3 rings (SSSR count). The molecule has 0 bridgehead atoms. The first-order valence-electron chi connectivity index (χ1n) is 8.00. The number of ether oxygens (including phenoxy) is 1. The third-order valence-electron chi connectivity index (χ3n) is 4.48. The lowest BCUT2D eigenvalue weighted by atomic mass is 10.1. The fraction of sp³-hybridized carbons (Fsp3) is 0.529. The van der Waals surface area contributed by atoms with Crippen LogP contribution in [0.25, 0.3) is 0 Å². The van der Waals surface area contributed by atoms with Crippen LogP contribution in [0.3, 0.4) is 0 Å². The molecular weight excluding hydrogens is 360 g/mol. The molecular formula is C17H21BrN2O3. The monoisotopic (exact) mass is 380 g/mol. The molecule has 2 aliphatic heterocycles. The number of nitrogens with zero attached hydrogens (tertiary/aromatic N) is 1. The number of hydrogen-bond donors (Lipinski definition) is 1. The summed E-state index contributed by atoms with van der Waals surface area (Å²) in [6.07, 6.45) is 2.45. The maximum Gasteiger partial charge on any atom is 0.227 e. The van der Waals surface area contributed by atoms with Crippen LogP contribution < -0.4 is 10.2 Å². The van der Waals surface area contributed by atoms with Crippen LogP contribution in [0.15, 0.2) is 22.7 Å². The zero-order valence-electron chi connectivity index (χ0n) is 13.2. The van der Waals surface area contributed by atoms with Gasteiger partial charge in [0.1, 0.15) is 0 Å². The van der Waals surface area contributed by atoms with Gasteiger partial charge in [-0.2, -0.15) is 0 Å². The van der Waals surface area contributed by atoms with Crippen LogP contribution >= 0.6 is 15.9 Å². The first-order chi connectivity index (χ1) is 11.0. The van der Waals surface area contributed by atoms with Gasteiger partial charge in [-0.1, -0.05) is 15.9 Å². The Morgan fingerprint density at radius 2 is 2.30 bits per heavy atom. The fourth-order valence-corrected chi connectivity index (χ4v) is 3.34. The quantitative estimate of drug-likeness (QED) is 0.872. The van der Waals surface area contributed by atoms with Gasteiger partial charge in [0, 0.05) is 36.3 Å². The highest BCUT2D eigenvalue weighted by atomic mass is 79.9. The van der Waals surface area contributed by atoms with E-state index in [-0.39, 0.29) is 30.3 Å². The van der Waals surface area contributed by atoms with Crippen molar-refractivity contribution in [2.75, 3.05) is 24.6 Å². The molecule has 5 nitrogen and oxygen atoms in total. The van der Waals surface area contributed by atoms with E-state index in [0.29, 0.717) is 13.1 Å². The van der Waals surface area contributed by atoms with E-state index in [0.717, 1.165) is 35.2 Å². The largest absolute Gasteiger partial charge is 0.376 e. The Morgan fingerprint density at radius 3 is 3.00 bits per heavy atom. The predicted octanol–water partition coefficient (Wildman–Crippen LogP) is 2.41. The maximum atomic E-state index is 12.3. The number of nitrogens with one attached hydrogen (secondary N) is 1. The van der Waals surface area contributed by atoms with E-state index in [1.165, 1.54) is 0 Å². The molecule has 2 aliphatic rings. The molecule has 0 radical (unpaired) electrons. The van der Waals surface area contributed by atoms with E-state index in [4.69, 9.17) is 4.74 Å². The summed E-state index contributed by atoms with van der Waals surface area (Å²) in [5.41, 5.74) is 1.92. The van der Waals surface area contributed by atoms with E-state index >= 15 is 0 Å². The lowest BCUT2D eigenvalue weighted by molar-refractivity contribution is -0.126. The average molecular weight is 381 g/mol. The fourth-order valence-electron chi connectivity index (χ4n) is 3.09. The minimum absolute atomic E-state index is 0.00369. The van der Waals surface area contributed by atoms with E-state index < -0.39 is 0 Å². The van der Waals surface area contributed by atoms with Crippen LogP contribution in [0, 0.1) is 12.8 Å². The van der Waals surface area contributed by atoms with Gasteiger partial charge in [-0.15, -0.1) is 0 Å². The normalized spacial score (nSPS) is 24.3. The molecule has 2 saturated heterocycles. The Kier molecular flexibility index (Phi) is 5.02. The SMILES string of the molecule is Cc1cc(N2CC(C(=O)NCC3CCCO3)CC2=O)ccc1Br. The molecule has 0 aliphatic carbocycles. The number of rotatable bonds is 4. The summed E-state index contributed by atoms with van der Waals surface area (Å²) < 4.78 is 6.52. The second-order valence-electron chi connectivity index (χ2n) is 6.22. The number of aryl methyl sites for hydroxylation is 1. The number of carbonyl (C=O) groups is 2. The van der Waals surface area contributed by atoms with Gasteiger partial charge in [-0.25, -0.2) is 0 Å². The highest BCUT2D eigenvalue weighted by Crippen LogP contribution is 2.28. The number of halogens is 1. The van der Waals surface area contributed by atoms with Crippen molar-refractivity contribution in [2.45, 2.75) is 32.3 Å². The molecule has 2 amide bonds. The molecule has 2 unspecified atom stereocenters. The molecule has 1 aromatic carbocycles. The van der Waals surface area contributed by atoms with E-state index in [9.17, 15) is 9.59 Å². The van der Waals surface area contributed by atoms with Crippen molar-refractivity contribution in [3.63, 3.8) is 0 Å². The van der Waals surface area contributed by atoms with Gasteiger partial charge in [0.15, 0.2) is 0 Å². The topological polar surface area (TPSA) is 58.6 Å². The minimum Gasteiger partial charge on any atom is -0.376 e. The highest BCUT2D eigenvalue weighted by Gasteiger charge is 2.35. The molecule has 1 N–H and O–H groups in total. The van der Waals surface area contributed by atoms with E-state index in [2.05, 4.69) is 21.2 Å². The van der Waals surface area contributed by atoms with Crippen molar-refractivity contribution >= 4 is 33.4 Å². The van der Waals surface area contributed by atoms with Gasteiger partial charge < -0.3 is 15.0 Å². The van der Waals surface area contributed by atoms with Crippen molar-refractivity contribution in [1.29, 1.82) is 0 Å². The molecule has 1 aromatic rings.